The van der Waals surface area contributed by atoms with Gasteiger partial charge in [0.25, 0.3) is 0 Å². The van der Waals surface area contributed by atoms with E-state index < -0.39 is 5.82 Å². The number of amidine groups is 1. The van der Waals surface area contributed by atoms with Gasteiger partial charge in [0.1, 0.15) is 18.3 Å². The molecule has 0 amide bonds. The number of nitrogens with one attached hydrogen (secondary N) is 1. The first kappa shape index (κ1) is 15.9. The van der Waals surface area contributed by atoms with Gasteiger partial charge in [0, 0.05) is 10.6 Å². The molecule has 0 unspecified atom stereocenters. The Hall–Kier alpha value is -1.49. The van der Waals surface area contributed by atoms with E-state index in [1.807, 2.05) is 0 Å². The minimum atomic E-state index is -0.505. The Morgan fingerprint density at radius 2 is 1.71 bits per heavy atom. The first-order chi connectivity index (χ1) is 9.86. The Morgan fingerprint density at radius 3 is 2.29 bits per heavy atom. The third-order valence-corrected chi connectivity index (χ3v) is 3.39. The molecular weight excluding hydrogens is 338 g/mol. The lowest BCUT2D eigenvalue weighted by molar-refractivity contribution is 0.306. The van der Waals surface area contributed by atoms with Crippen molar-refractivity contribution in [3.05, 3.63) is 62.3 Å². The Kier molecular flexibility index (Phi) is 4.93. The zero-order valence-electron chi connectivity index (χ0n) is 10.6. The number of nitrogen functional groups attached to an aromatic ring is 1. The molecule has 21 heavy (non-hydrogen) atoms. The smallest absolute Gasteiger partial charge is 0.157 e. The van der Waals surface area contributed by atoms with E-state index >= 15 is 0 Å². The molecule has 2 aromatic rings. The molecule has 0 bridgehead atoms. The highest BCUT2D eigenvalue weighted by Crippen LogP contribution is 2.36. The first-order valence-electron chi connectivity index (χ1n) is 5.78. The molecule has 2 aromatic carbocycles. The van der Waals surface area contributed by atoms with E-state index in [0.29, 0.717) is 10.6 Å². The molecule has 2 rings (SSSR count). The first-order valence-corrected chi connectivity index (χ1v) is 6.91. The Labute approximate surface area is 135 Å². The summed E-state index contributed by atoms with van der Waals surface area (Å²) >= 11 is 17.8. The topological polar surface area (TPSA) is 59.1 Å². The average molecular weight is 348 g/mol. The molecule has 0 fully saturated rings. The van der Waals surface area contributed by atoms with E-state index in [2.05, 4.69) is 0 Å². The van der Waals surface area contributed by atoms with Gasteiger partial charge in [0.15, 0.2) is 5.75 Å². The number of ether oxygens (including phenoxy) is 1. The zero-order valence-corrected chi connectivity index (χ0v) is 12.9. The second-order valence-corrected chi connectivity index (χ2v) is 5.50. The summed E-state index contributed by atoms with van der Waals surface area (Å²) in [7, 11) is 0. The zero-order chi connectivity index (χ0) is 15.6. The van der Waals surface area contributed by atoms with Gasteiger partial charge in [-0.3, -0.25) is 5.41 Å². The summed E-state index contributed by atoms with van der Waals surface area (Å²) < 4.78 is 18.9. The van der Waals surface area contributed by atoms with E-state index in [9.17, 15) is 4.39 Å². The van der Waals surface area contributed by atoms with Crippen LogP contribution in [0.5, 0.6) is 5.75 Å². The van der Waals surface area contributed by atoms with E-state index in [1.165, 1.54) is 24.3 Å². The molecule has 0 spiro atoms. The van der Waals surface area contributed by atoms with Crippen LogP contribution in [0.1, 0.15) is 11.1 Å². The van der Waals surface area contributed by atoms with Crippen LogP contribution in [0.4, 0.5) is 4.39 Å². The molecule has 0 aliphatic heterocycles. The van der Waals surface area contributed by atoms with Crippen LogP contribution >= 0.6 is 34.8 Å². The molecule has 3 nitrogen and oxygen atoms in total. The minimum Gasteiger partial charge on any atom is -0.486 e. The van der Waals surface area contributed by atoms with Gasteiger partial charge in [-0.05, 0) is 35.9 Å². The molecule has 0 aliphatic carbocycles. The maximum Gasteiger partial charge on any atom is 0.157 e. The van der Waals surface area contributed by atoms with Crippen LogP contribution in [0.25, 0.3) is 0 Å². The number of hydrogen-bond acceptors (Lipinski definition) is 2. The molecule has 0 saturated carbocycles. The molecule has 7 heteroatoms. The second kappa shape index (κ2) is 6.52. The highest BCUT2D eigenvalue weighted by atomic mass is 35.5. The van der Waals surface area contributed by atoms with Crippen LogP contribution in [0, 0.1) is 11.2 Å². The number of halogens is 4. The molecule has 0 radical (unpaired) electrons. The summed E-state index contributed by atoms with van der Waals surface area (Å²) in [5.74, 6) is -0.468. The molecule has 0 aromatic heterocycles. The van der Waals surface area contributed by atoms with Crippen molar-refractivity contribution in [1.82, 2.24) is 0 Å². The van der Waals surface area contributed by atoms with Crippen molar-refractivity contribution >= 4 is 40.6 Å². The lowest BCUT2D eigenvalue weighted by atomic mass is 10.1. The summed E-state index contributed by atoms with van der Waals surface area (Å²) in [6.07, 6.45) is 0. The Morgan fingerprint density at radius 1 is 1.10 bits per heavy atom. The van der Waals surface area contributed by atoms with Gasteiger partial charge in [-0.2, -0.15) is 0 Å². The van der Waals surface area contributed by atoms with Crippen molar-refractivity contribution in [2.75, 3.05) is 0 Å². The molecule has 0 heterocycles. The van der Waals surface area contributed by atoms with Crippen LogP contribution in [0.3, 0.4) is 0 Å². The Balaban J connectivity index is 2.23. The molecule has 0 saturated heterocycles. The third kappa shape index (κ3) is 4.00. The largest absolute Gasteiger partial charge is 0.486 e. The average Bonchev–Trinajstić information content (AvgIpc) is 2.36. The second-order valence-electron chi connectivity index (χ2n) is 4.25. The van der Waals surface area contributed by atoms with Crippen LogP contribution in [-0.2, 0) is 6.61 Å². The van der Waals surface area contributed by atoms with Crippen molar-refractivity contribution < 1.29 is 9.13 Å². The monoisotopic (exact) mass is 346 g/mol. The summed E-state index contributed by atoms with van der Waals surface area (Å²) in [4.78, 5) is 0. The van der Waals surface area contributed by atoms with Crippen LogP contribution < -0.4 is 10.5 Å². The van der Waals surface area contributed by atoms with Gasteiger partial charge in [0.05, 0.1) is 10.0 Å². The summed E-state index contributed by atoms with van der Waals surface area (Å²) in [5.41, 5.74) is 6.12. The van der Waals surface area contributed by atoms with Gasteiger partial charge in [-0.25, -0.2) is 4.39 Å². The van der Waals surface area contributed by atoms with E-state index in [-0.39, 0.29) is 33.8 Å². The van der Waals surface area contributed by atoms with Crippen LogP contribution in [0.2, 0.25) is 15.1 Å². The van der Waals surface area contributed by atoms with E-state index in [1.54, 1.807) is 6.07 Å². The number of benzene rings is 2. The standard InChI is InChI=1S/C14H10Cl3FN2O/c15-9-4-11(16)13(12(17)5-9)21-6-7-1-8(14(19)20)3-10(18)2-7/h1-5H,6H2,(H3,19,20). The van der Waals surface area contributed by atoms with Crippen molar-refractivity contribution in [2.24, 2.45) is 5.73 Å². The SMILES string of the molecule is N=C(N)c1cc(F)cc(COc2c(Cl)cc(Cl)cc2Cl)c1. The molecule has 0 atom stereocenters. The predicted octanol–water partition coefficient (Wildman–Crippen LogP) is 4.65. The van der Waals surface area contributed by atoms with Crippen molar-refractivity contribution in [3.63, 3.8) is 0 Å². The molecule has 0 aliphatic rings. The van der Waals surface area contributed by atoms with E-state index in [4.69, 9.17) is 50.7 Å². The predicted molar refractivity (Wildman–Crippen MR) is 83.2 cm³/mol. The van der Waals surface area contributed by atoms with Gasteiger partial charge in [-0.1, -0.05) is 34.8 Å². The third-order valence-electron chi connectivity index (χ3n) is 2.61. The van der Waals surface area contributed by atoms with Crippen molar-refractivity contribution in [3.8, 4) is 5.75 Å². The van der Waals surface area contributed by atoms with Gasteiger partial charge in [-0.15, -0.1) is 0 Å². The van der Waals surface area contributed by atoms with E-state index in [0.717, 1.165) is 0 Å². The Bertz CT molecular complexity index is 684. The summed E-state index contributed by atoms with van der Waals surface area (Å²) in [5, 5.41) is 8.24. The van der Waals surface area contributed by atoms with Crippen molar-refractivity contribution in [1.29, 1.82) is 5.41 Å². The fourth-order valence-electron chi connectivity index (χ4n) is 1.71. The lowest BCUT2D eigenvalue weighted by Crippen LogP contribution is -2.12. The summed E-state index contributed by atoms with van der Waals surface area (Å²) in [6.45, 7) is 0.0269. The summed E-state index contributed by atoms with van der Waals surface area (Å²) in [6, 6.07) is 7.01. The maximum atomic E-state index is 13.4. The normalized spacial score (nSPS) is 10.5. The van der Waals surface area contributed by atoms with Gasteiger partial charge >= 0.3 is 0 Å². The molecular formula is C14H10Cl3FN2O. The fourth-order valence-corrected chi connectivity index (χ4v) is 2.64. The number of nitrogens with two attached hydrogens (primary N) is 1. The van der Waals surface area contributed by atoms with Crippen LogP contribution in [0.15, 0.2) is 30.3 Å². The van der Waals surface area contributed by atoms with Gasteiger partial charge in [0.2, 0.25) is 0 Å². The quantitative estimate of drug-likeness (QED) is 0.625. The number of rotatable bonds is 4. The lowest BCUT2D eigenvalue weighted by Gasteiger charge is -2.11. The highest BCUT2D eigenvalue weighted by Gasteiger charge is 2.10. The van der Waals surface area contributed by atoms with Gasteiger partial charge < -0.3 is 10.5 Å². The maximum absolute atomic E-state index is 13.4. The highest BCUT2D eigenvalue weighted by molar-refractivity contribution is 6.40. The fraction of sp³-hybridized carbons (Fsp3) is 0.0714. The van der Waals surface area contributed by atoms with Crippen molar-refractivity contribution in [2.45, 2.75) is 6.61 Å². The number of hydrogen-bond donors (Lipinski definition) is 2. The minimum absolute atomic E-state index is 0.0269. The molecule has 110 valence electrons. The molecule has 3 N–H and O–H groups in total. The van der Waals surface area contributed by atoms with Crippen LogP contribution in [-0.4, -0.2) is 5.84 Å².